The number of aliphatic carboxylic acids is 1. The molecule has 0 heterocycles. The molecular weight excluding hydrogens is 246 g/mol. The van der Waals surface area contributed by atoms with Crippen LogP contribution in [0, 0.1) is 11.3 Å². The fourth-order valence-electron chi connectivity index (χ4n) is 2.49. The second-order valence-electron chi connectivity index (χ2n) is 6.68. The number of carbonyl (C=O) groups is 2. The maximum absolute atomic E-state index is 11.8. The Labute approximate surface area is 114 Å². The molecule has 0 saturated heterocycles. The molecule has 0 spiro atoms. The van der Waals surface area contributed by atoms with Crippen molar-refractivity contribution in [2.75, 3.05) is 0 Å². The number of amides is 1. The van der Waals surface area contributed by atoms with Crippen LogP contribution < -0.4 is 5.32 Å². The van der Waals surface area contributed by atoms with Crippen molar-refractivity contribution in [3.63, 3.8) is 0 Å². The molecule has 1 saturated carbocycles. The number of carboxylic acids is 1. The Kier molecular flexibility index (Phi) is 4.48. The van der Waals surface area contributed by atoms with Crippen molar-refractivity contribution in [2.24, 2.45) is 11.3 Å². The van der Waals surface area contributed by atoms with Crippen molar-refractivity contribution in [2.45, 2.75) is 65.5 Å². The lowest BCUT2D eigenvalue weighted by Crippen LogP contribution is -2.46. The standard InChI is InChI=1S/C14H25NO4/c1-9(2)14(6-7-14)10(8-11(16)17)15-12(18)19-13(3,4)5/h9-10H,6-8H2,1-5H3,(H,15,18)(H,16,17). The van der Waals surface area contributed by atoms with E-state index in [0.29, 0.717) is 5.92 Å². The first-order valence-electron chi connectivity index (χ1n) is 6.78. The normalized spacial score (nSPS) is 18.8. The summed E-state index contributed by atoms with van der Waals surface area (Å²) in [4.78, 5) is 22.8. The van der Waals surface area contributed by atoms with Gasteiger partial charge < -0.3 is 15.2 Å². The Morgan fingerprint density at radius 1 is 1.32 bits per heavy atom. The summed E-state index contributed by atoms with van der Waals surface area (Å²) < 4.78 is 5.21. The predicted molar refractivity (Wildman–Crippen MR) is 71.9 cm³/mol. The van der Waals surface area contributed by atoms with Crippen molar-refractivity contribution in [1.29, 1.82) is 0 Å². The Morgan fingerprint density at radius 2 is 1.84 bits per heavy atom. The van der Waals surface area contributed by atoms with Crippen LogP contribution in [0.2, 0.25) is 0 Å². The van der Waals surface area contributed by atoms with Crippen LogP contribution in [0.25, 0.3) is 0 Å². The maximum Gasteiger partial charge on any atom is 0.407 e. The number of hydrogen-bond acceptors (Lipinski definition) is 3. The van der Waals surface area contributed by atoms with E-state index >= 15 is 0 Å². The predicted octanol–water partition coefficient (Wildman–Crippen LogP) is 2.79. The molecule has 5 nitrogen and oxygen atoms in total. The first kappa shape index (κ1) is 15.8. The van der Waals surface area contributed by atoms with E-state index in [4.69, 9.17) is 9.84 Å². The molecule has 0 aromatic carbocycles. The van der Waals surface area contributed by atoms with E-state index in [2.05, 4.69) is 19.2 Å². The van der Waals surface area contributed by atoms with Crippen LogP contribution in [0.3, 0.4) is 0 Å². The Hall–Kier alpha value is -1.26. The minimum Gasteiger partial charge on any atom is -0.481 e. The summed E-state index contributed by atoms with van der Waals surface area (Å²) in [5, 5.41) is 11.8. The lowest BCUT2D eigenvalue weighted by molar-refractivity contribution is -0.138. The van der Waals surface area contributed by atoms with Gasteiger partial charge in [-0.1, -0.05) is 13.8 Å². The quantitative estimate of drug-likeness (QED) is 0.806. The van der Waals surface area contributed by atoms with Crippen LogP contribution in [0.15, 0.2) is 0 Å². The molecule has 5 heteroatoms. The van der Waals surface area contributed by atoms with Gasteiger partial charge in [-0.3, -0.25) is 4.79 Å². The zero-order chi connectivity index (χ0) is 14.8. The summed E-state index contributed by atoms with van der Waals surface area (Å²) in [7, 11) is 0. The minimum atomic E-state index is -0.895. The molecule has 2 N–H and O–H groups in total. The third-order valence-electron chi connectivity index (χ3n) is 3.74. The van der Waals surface area contributed by atoms with Gasteiger partial charge in [0.1, 0.15) is 5.60 Å². The van der Waals surface area contributed by atoms with E-state index in [9.17, 15) is 9.59 Å². The molecule has 0 aromatic heterocycles. The Balaban J connectivity index is 2.71. The largest absolute Gasteiger partial charge is 0.481 e. The Morgan fingerprint density at radius 3 is 2.16 bits per heavy atom. The fraction of sp³-hybridized carbons (Fsp3) is 0.857. The lowest BCUT2D eigenvalue weighted by atomic mass is 9.83. The molecule has 1 fully saturated rings. The molecule has 19 heavy (non-hydrogen) atoms. The van der Waals surface area contributed by atoms with Crippen LogP contribution in [0.4, 0.5) is 4.79 Å². The molecule has 0 aromatic rings. The van der Waals surface area contributed by atoms with Gasteiger partial charge in [0.25, 0.3) is 0 Å². The summed E-state index contributed by atoms with van der Waals surface area (Å²) in [5.74, 6) is -0.556. The van der Waals surface area contributed by atoms with Crippen molar-refractivity contribution >= 4 is 12.1 Å². The van der Waals surface area contributed by atoms with Crippen molar-refractivity contribution in [3.05, 3.63) is 0 Å². The average Bonchev–Trinajstić information content (AvgIpc) is 2.92. The number of carboxylic acid groups (broad SMARTS) is 1. The highest BCUT2D eigenvalue weighted by Gasteiger charge is 2.52. The number of alkyl carbamates (subject to hydrolysis) is 1. The van der Waals surface area contributed by atoms with E-state index in [-0.39, 0.29) is 17.9 Å². The van der Waals surface area contributed by atoms with E-state index in [0.717, 1.165) is 12.8 Å². The Bertz CT molecular complexity index is 353. The third kappa shape index (κ3) is 4.40. The summed E-state index contributed by atoms with van der Waals surface area (Å²) in [5.41, 5.74) is -0.665. The first-order valence-corrected chi connectivity index (χ1v) is 6.78. The highest BCUT2D eigenvalue weighted by atomic mass is 16.6. The van der Waals surface area contributed by atoms with E-state index in [1.54, 1.807) is 20.8 Å². The molecule has 0 bridgehead atoms. The maximum atomic E-state index is 11.8. The summed E-state index contributed by atoms with van der Waals surface area (Å²) in [6, 6.07) is -0.361. The molecule has 0 radical (unpaired) electrons. The number of ether oxygens (including phenoxy) is 1. The SMILES string of the molecule is CC(C)C1(C(CC(=O)O)NC(=O)OC(C)(C)C)CC1. The zero-order valence-electron chi connectivity index (χ0n) is 12.4. The molecule has 110 valence electrons. The number of carbonyl (C=O) groups excluding carboxylic acids is 1. The molecule has 1 rings (SSSR count). The molecule has 1 unspecified atom stereocenters. The van der Waals surface area contributed by atoms with Gasteiger partial charge in [-0.05, 0) is 44.9 Å². The molecule has 1 atom stereocenters. The zero-order valence-corrected chi connectivity index (χ0v) is 12.4. The summed E-state index contributed by atoms with van der Waals surface area (Å²) >= 11 is 0. The molecule has 1 aliphatic rings. The van der Waals surface area contributed by atoms with E-state index in [1.165, 1.54) is 0 Å². The van der Waals surface area contributed by atoms with Gasteiger partial charge in [0.15, 0.2) is 0 Å². The lowest BCUT2D eigenvalue weighted by Gasteiger charge is -2.31. The average molecular weight is 271 g/mol. The van der Waals surface area contributed by atoms with Crippen LogP contribution >= 0.6 is 0 Å². The van der Waals surface area contributed by atoms with Crippen LogP contribution in [0.5, 0.6) is 0 Å². The smallest absolute Gasteiger partial charge is 0.407 e. The van der Waals surface area contributed by atoms with Gasteiger partial charge in [-0.25, -0.2) is 4.79 Å². The van der Waals surface area contributed by atoms with Gasteiger partial charge in [0.2, 0.25) is 0 Å². The number of nitrogens with one attached hydrogen (secondary N) is 1. The van der Waals surface area contributed by atoms with Gasteiger partial charge in [-0.2, -0.15) is 0 Å². The van der Waals surface area contributed by atoms with Crippen LogP contribution in [-0.2, 0) is 9.53 Å². The van der Waals surface area contributed by atoms with Crippen molar-refractivity contribution in [3.8, 4) is 0 Å². The van der Waals surface area contributed by atoms with Crippen LogP contribution in [-0.4, -0.2) is 28.8 Å². The molecule has 1 aliphatic carbocycles. The van der Waals surface area contributed by atoms with Gasteiger partial charge >= 0.3 is 12.1 Å². The van der Waals surface area contributed by atoms with Crippen molar-refractivity contribution < 1.29 is 19.4 Å². The molecular formula is C14H25NO4. The monoisotopic (exact) mass is 271 g/mol. The first-order chi connectivity index (χ1) is 8.57. The van der Waals surface area contributed by atoms with E-state index in [1.807, 2.05) is 0 Å². The van der Waals surface area contributed by atoms with Gasteiger partial charge in [0, 0.05) is 6.04 Å². The van der Waals surface area contributed by atoms with Gasteiger partial charge in [-0.15, -0.1) is 0 Å². The van der Waals surface area contributed by atoms with Crippen LogP contribution in [0.1, 0.15) is 53.9 Å². The molecule has 1 amide bonds. The third-order valence-corrected chi connectivity index (χ3v) is 3.74. The minimum absolute atomic E-state index is 0.0581. The van der Waals surface area contributed by atoms with Crippen molar-refractivity contribution in [1.82, 2.24) is 5.32 Å². The fourth-order valence-corrected chi connectivity index (χ4v) is 2.49. The summed E-state index contributed by atoms with van der Waals surface area (Å²) in [6.45, 7) is 9.49. The highest BCUT2D eigenvalue weighted by molar-refractivity contribution is 5.72. The molecule has 0 aliphatic heterocycles. The highest BCUT2D eigenvalue weighted by Crippen LogP contribution is 2.55. The number of hydrogen-bond donors (Lipinski definition) is 2. The second-order valence-corrected chi connectivity index (χ2v) is 6.68. The topological polar surface area (TPSA) is 75.6 Å². The van der Waals surface area contributed by atoms with E-state index < -0.39 is 17.7 Å². The van der Waals surface area contributed by atoms with Gasteiger partial charge in [0.05, 0.1) is 6.42 Å². The number of rotatable bonds is 5. The summed E-state index contributed by atoms with van der Waals surface area (Å²) in [6.07, 6.45) is 1.32. The second kappa shape index (κ2) is 5.39.